The minimum atomic E-state index is -3.03. The predicted molar refractivity (Wildman–Crippen MR) is 88.0 cm³/mol. The summed E-state index contributed by atoms with van der Waals surface area (Å²) >= 11 is 0. The van der Waals surface area contributed by atoms with Crippen molar-refractivity contribution in [3.8, 4) is 0 Å². The SMILES string of the molecule is CCCS(=N)(=O)c1ncc2[nH]c(=O)n(Cc3ccccc3)c2n1. The molecule has 0 aliphatic carbocycles. The van der Waals surface area contributed by atoms with Crippen molar-refractivity contribution in [2.75, 3.05) is 5.75 Å². The Kier molecular flexibility index (Phi) is 3.99. The lowest BCUT2D eigenvalue weighted by atomic mass is 10.2. The Morgan fingerprint density at radius 2 is 2.04 bits per heavy atom. The van der Waals surface area contributed by atoms with E-state index in [1.807, 2.05) is 37.3 Å². The summed E-state index contributed by atoms with van der Waals surface area (Å²) in [4.78, 5) is 23.1. The van der Waals surface area contributed by atoms with Crippen LogP contribution in [0.25, 0.3) is 11.2 Å². The highest BCUT2D eigenvalue weighted by molar-refractivity contribution is 7.92. The van der Waals surface area contributed by atoms with Crippen LogP contribution in [0, 0.1) is 4.78 Å². The molecule has 120 valence electrons. The van der Waals surface area contributed by atoms with Gasteiger partial charge in [0.2, 0.25) is 5.16 Å². The van der Waals surface area contributed by atoms with Crippen molar-refractivity contribution in [3.63, 3.8) is 0 Å². The molecular weight excluding hydrogens is 314 g/mol. The summed E-state index contributed by atoms with van der Waals surface area (Å²) in [5, 5.41) is -0.0207. The number of hydrogen-bond donors (Lipinski definition) is 2. The zero-order chi connectivity index (χ0) is 16.4. The number of nitrogens with zero attached hydrogens (tertiary/aromatic N) is 3. The van der Waals surface area contributed by atoms with E-state index in [4.69, 9.17) is 4.78 Å². The van der Waals surface area contributed by atoms with Gasteiger partial charge in [-0.2, -0.15) is 4.98 Å². The first-order chi connectivity index (χ1) is 11.0. The van der Waals surface area contributed by atoms with Crippen LogP contribution >= 0.6 is 0 Å². The molecule has 0 spiro atoms. The number of rotatable bonds is 5. The molecule has 3 rings (SSSR count). The summed E-state index contributed by atoms with van der Waals surface area (Å²) in [7, 11) is -3.03. The van der Waals surface area contributed by atoms with Gasteiger partial charge in [0.15, 0.2) is 5.65 Å². The molecule has 0 saturated heterocycles. The first-order valence-corrected chi connectivity index (χ1v) is 9.00. The van der Waals surface area contributed by atoms with E-state index in [1.54, 1.807) is 0 Å². The van der Waals surface area contributed by atoms with Gasteiger partial charge in [0, 0.05) is 5.75 Å². The van der Waals surface area contributed by atoms with E-state index in [0.29, 0.717) is 24.1 Å². The van der Waals surface area contributed by atoms with Crippen LogP contribution < -0.4 is 5.69 Å². The van der Waals surface area contributed by atoms with E-state index >= 15 is 0 Å². The van der Waals surface area contributed by atoms with E-state index in [9.17, 15) is 9.00 Å². The maximum atomic E-state index is 12.4. The van der Waals surface area contributed by atoms with Gasteiger partial charge in [0.05, 0.1) is 12.7 Å². The number of hydrogen-bond acceptors (Lipinski definition) is 5. The van der Waals surface area contributed by atoms with E-state index in [-0.39, 0.29) is 16.6 Å². The lowest BCUT2D eigenvalue weighted by Gasteiger charge is -2.06. The Balaban J connectivity index is 2.11. The third-order valence-electron chi connectivity index (χ3n) is 3.46. The van der Waals surface area contributed by atoms with Gasteiger partial charge in [-0.1, -0.05) is 37.3 Å². The van der Waals surface area contributed by atoms with Crippen molar-refractivity contribution < 1.29 is 4.21 Å². The predicted octanol–water partition coefficient (Wildman–Crippen LogP) is 1.98. The second-order valence-corrected chi connectivity index (χ2v) is 7.40. The summed E-state index contributed by atoms with van der Waals surface area (Å²) in [6.07, 6.45) is 2.03. The largest absolute Gasteiger partial charge is 0.328 e. The molecule has 2 heterocycles. The fourth-order valence-corrected chi connectivity index (χ4v) is 3.59. The molecule has 3 aromatic rings. The van der Waals surface area contributed by atoms with Crippen LogP contribution in [-0.2, 0) is 16.3 Å². The number of H-pyrrole nitrogens is 1. The molecule has 0 bridgehead atoms. The van der Waals surface area contributed by atoms with Crippen molar-refractivity contribution in [1.82, 2.24) is 19.5 Å². The normalized spacial score (nSPS) is 14.0. The van der Waals surface area contributed by atoms with Crippen molar-refractivity contribution >= 4 is 20.9 Å². The molecule has 2 aromatic heterocycles. The number of benzene rings is 1. The Hall–Kier alpha value is -2.48. The summed E-state index contributed by atoms with van der Waals surface area (Å²) < 4.78 is 21.8. The molecule has 0 aliphatic heterocycles. The van der Waals surface area contributed by atoms with E-state index in [2.05, 4.69) is 15.0 Å². The van der Waals surface area contributed by atoms with Gasteiger partial charge in [0.25, 0.3) is 0 Å². The fourth-order valence-electron chi connectivity index (χ4n) is 2.38. The van der Waals surface area contributed by atoms with E-state index < -0.39 is 9.73 Å². The molecular formula is C15H17N5O2S. The van der Waals surface area contributed by atoms with Crippen LogP contribution in [0.2, 0.25) is 0 Å². The van der Waals surface area contributed by atoms with Crippen LogP contribution in [0.1, 0.15) is 18.9 Å². The molecule has 1 atom stereocenters. The molecule has 0 radical (unpaired) electrons. The summed E-state index contributed by atoms with van der Waals surface area (Å²) in [5.41, 5.74) is 1.50. The first-order valence-electron chi connectivity index (χ1n) is 7.27. The molecule has 2 N–H and O–H groups in total. The number of imidazole rings is 1. The molecule has 1 unspecified atom stereocenters. The van der Waals surface area contributed by atoms with Crippen LogP contribution in [0.5, 0.6) is 0 Å². The van der Waals surface area contributed by atoms with E-state index in [0.717, 1.165) is 5.56 Å². The first kappa shape index (κ1) is 15.4. The second kappa shape index (κ2) is 5.96. The monoisotopic (exact) mass is 331 g/mol. The molecule has 7 nitrogen and oxygen atoms in total. The lowest BCUT2D eigenvalue weighted by molar-refractivity contribution is 0.664. The Bertz CT molecular complexity index is 990. The van der Waals surface area contributed by atoms with Gasteiger partial charge in [0.1, 0.15) is 15.2 Å². The Labute approximate surface area is 133 Å². The molecule has 0 fully saturated rings. The van der Waals surface area contributed by atoms with Gasteiger partial charge in [-0.25, -0.2) is 18.8 Å². The standard InChI is InChI=1S/C15H17N5O2S/c1-2-8-23(16,22)14-17-9-12-13(19-14)20(15(21)18-12)10-11-6-4-3-5-7-11/h3-7,9,16H,2,8,10H2,1H3,(H,18,21). The van der Waals surface area contributed by atoms with Crippen LogP contribution in [-0.4, -0.2) is 29.5 Å². The maximum Gasteiger partial charge on any atom is 0.328 e. The van der Waals surface area contributed by atoms with Gasteiger partial charge >= 0.3 is 5.69 Å². The number of aromatic amines is 1. The summed E-state index contributed by atoms with van der Waals surface area (Å²) in [5.74, 6) is 0.200. The molecule has 1 aromatic carbocycles. The Morgan fingerprint density at radius 3 is 2.74 bits per heavy atom. The van der Waals surface area contributed by atoms with Gasteiger partial charge < -0.3 is 4.98 Å². The quantitative estimate of drug-likeness (QED) is 0.697. The minimum absolute atomic E-state index is 0.0207. The van der Waals surface area contributed by atoms with Crippen LogP contribution in [0.3, 0.4) is 0 Å². The third-order valence-corrected chi connectivity index (χ3v) is 5.23. The van der Waals surface area contributed by atoms with Crippen molar-refractivity contribution in [2.45, 2.75) is 25.0 Å². The van der Waals surface area contributed by atoms with Gasteiger partial charge in [-0.15, -0.1) is 0 Å². The zero-order valence-corrected chi connectivity index (χ0v) is 13.5. The van der Waals surface area contributed by atoms with Gasteiger partial charge in [-0.05, 0) is 12.0 Å². The minimum Gasteiger partial charge on any atom is -0.303 e. The number of aromatic nitrogens is 4. The third kappa shape index (κ3) is 3.02. The van der Waals surface area contributed by atoms with Crippen molar-refractivity contribution in [3.05, 3.63) is 52.6 Å². The Morgan fingerprint density at radius 1 is 1.30 bits per heavy atom. The van der Waals surface area contributed by atoms with Crippen LogP contribution in [0.4, 0.5) is 0 Å². The molecule has 0 aliphatic rings. The fraction of sp³-hybridized carbons (Fsp3) is 0.267. The average molecular weight is 331 g/mol. The second-order valence-electron chi connectivity index (χ2n) is 5.27. The molecule has 0 amide bonds. The summed E-state index contributed by atoms with van der Waals surface area (Å²) in [6.45, 7) is 2.21. The lowest BCUT2D eigenvalue weighted by Crippen LogP contribution is -2.18. The maximum absolute atomic E-state index is 12.4. The van der Waals surface area contributed by atoms with E-state index in [1.165, 1.54) is 10.8 Å². The van der Waals surface area contributed by atoms with Gasteiger partial charge in [-0.3, -0.25) is 4.57 Å². The van der Waals surface area contributed by atoms with Crippen LogP contribution in [0.15, 0.2) is 46.5 Å². The molecule has 23 heavy (non-hydrogen) atoms. The molecule has 0 saturated carbocycles. The smallest absolute Gasteiger partial charge is 0.303 e. The highest BCUT2D eigenvalue weighted by atomic mass is 32.2. The highest BCUT2D eigenvalue weighted by Crippen LogP contribution is 2.13. The number of nitrogens with one attached hydrogen (secondary N) is 2. The topological polar surface area (TPSA) is 104 Å². The number of fused-ring (bicyclic) bond motifs is 1. The van der Waals surface area contributed by atoms with Crippen molar-refractivity contribution in [2.24, 2.45) is 0 Å². The molecule has 8 heteroatoms. The summed E-state index contributed by atoms with van der Waals surface area (Å²) in [6, 6.07) is 9.53. The highest BCUT2D eigenvalue weighted by Gasteiger charge is 2.16. The zero-order valence-electron chi connectivity index (χ0n) is 12.7. The van der Waals surface area contributed by atoms with Crippen molar-refractivity contribution in [1.29, 1.82) is 4.78 Å². The average Bonchev–Trinajstić information content (AvgIpc) is 2.84.